The molecule has 1 N–H and O–H groups in total. The van der Waals surface area contributed by atoms with Crippen LogP contribution in [0, 0.1) is 0 Å². The Bertz CT molecular complexity index is 322. The highest BCUT2D eigenvalue weighted by atomic mass is 16.5. The van der Waals surface area contributed by atoms with Gasteiger partial charge in [0.25, 0.3) is 0 Å². The normalized spacial score (nSPS) is 18.9. The standard InChI is InChI=1S/C14H26N2O4/c1-15(9-5-11-20-2)14(19)16-10-4-3-6-12(16)7-8-13(17)18/h12H,3-11H2,1-2H3,(H,17,18). The average Bonchev–Trinajstić information content (AvgIpc) is 2.44. The van der Waals surface area contributed by atoms with E-state index >= 15 is 0 Å². The molecule has 0 aromatic heterocycles. The Morgan fingerprint density at radius 3 is 2.80 bits per heavy atom. The smallest absolute Gasteiger partial charge is 0.319 e. The van der Waals surface area contributed by atoms with E-state index in [0.29, 0.717) is 19.6 Å². The third kappa shape index (κ3) is 5.36. The maximum absolute atomic E-state index is 12.4. The highest BCUT2D eigenvalue weighted by molar-refractivity contribution is 5.74. The number of hydrogen-bond donors (Lipinski definition) is 1. The number of carboxylic acid groups (broad SMARTS) is 1. The summed E-state index contributed by atoms with van der Waals surface area (Å²) in [6, 6.07) is 0.0772. The summed E-state index contributed by atoms with van der Waals surface area (Å²) in [4.78, 5) is 26.7. The van der Waals surface area contributed by atoms with Crippen LogP contribution in [0.15, 0.2) is 0 Å². The summed E-state index contributed by atoms with van der Waals surface area (Å²) in [5.41, 5.74) is 0. The fourth-order valence-electron chi connectivity index (χ4n) is 2.60. The lowest BCUT2D eigenvalue weighted by Crippen LogP contribution is -2.49. The summed E-state index contributed by atoms with van der Waals surface area (Å²) in [7, 11) is 3.44. The molecule has 6 heteroatoms. The van der Waals surface area contributed by atoms with Crippen molar-refractivity contribution in [3.8, 4) is 0 Å². The molecule has 0 aromatic carbocycles. The Labute approximate surface area is 120 Å². The SMILES string of the molecule is COCCCN(C)C(=O)N1CCCCC1CCC(=O)O. The minimum absolute atomic E-state index is 0.0104. The van der Waals surface area contributed by atoms with E-state index < -0.39 is 5.97 Å². The molecule has 1 aliphatic rings. The van der Waals surface area contributed by atoms with Gasteiger partial charge in [-0.15, -0.1) is 0 Å². The van der Waals surface area contributed by atoms with E-state index in [0.717, 1.165) is 32.2 Å². The van der Waals surface area contributed by atoms with Crippen LogP contribution < -0.4 is 0 Å². The van der Waals surface area contributed by atoms with Gasteiger partial charge in [0.15, 0.2) is 0 Å². The molecule has 0 spiro atoms. The molecule has 1 atom stereocenters. The fraction of sp³-hybridized carbons (Fsp3) is 0.857. The molecule has 1 rings (SSSR count). The highest BCUT2D eigenvalue weighted by Crippen LogP contribution is 2.22. The van der Waals surface area contributed by atoms with E-state index in [1.165, 1.54) is 0 Å². The fourth-order valence-corrected chi connectivity index (χ4v) is 2.60. The number of aliphatic carboxylic acids is 1. The molecule has 2 amide bonds. The van der Waals surface area contributed by atoms with E-state index in [1.807, 2.05) is 4.90 Å². The van der Waals surface area contributed by atoms with Crippen LogP contribution in [0.2, 0.25) is 0 Å². The van der Waals surface area contributed by atoms with Gasteiger partial charge in [0, 0.05) is 46.3 Å². The van der Waals surface area contributed by atoms with Crippen molar-refractivity contribution in [3.63, 3.8) is 0 Å². The monoisotopic (exact) mass is 286 g/mol. The van der Waals surface area contributed by atoms with E-state index in [-0.39, 0.29) is 18.5 Å². The minimum atomic E-state index is -0.795. The van der Waals surface area contributed by atoms with Crippen LogP contribution >= 0.6 is 0 Å². The topological polar surface area (TPSA) is 70.1 Å². The molecule has 20 heavy (non-hydrogen) atoms. The van der Waals surface area contributed by atoms with E-state index in [2.05, 4.69) is 0 Å². The maximum Gasteiger partial charge on any atom is 0.319 e. The van der Waals surface area contributed by atoms with Crippen LogP contribution in [-0.4, -0.2) is 66.8 Å². The van der Waals surface area contributed by atoms with Crippen molar-refractivity contribution < 1.29 is 19.4 Å². The van der Waals surface area contributed by atoms with Crippen molar-refractivity contribution in [1.29, 1.82) is 0 Å². The summed E-state index contributed by atoms with van der Waals surface area (Å²) in [5.74, 6) is -0.795. The van der Waals surface area contributed by atoms with E-state index in [4.69, 9.17) is 9.84 Å². The van der Waals surface area contributed by atoms with Gasteiger partial charge in [-0.05, 0) is 32.1 Å². The molecule has 1 heterocycles. The second-order valence-electron chi connectivity index (χ2n) is 5.33. The molecule has 0 bridgehead atoms. The van der Waals surface area contributed by atoms with Crippen LogP contribution in [0.5, 0.6) is 0 Å². The first kappa shape index (κ1) is 16.8. The summed E-state index contributed by atoms with van der Waals surface area (Å²) in [6.45, 7) is 2.03. The number of likely N-dealkylation sites (tertiary alicyclic amines) is 1. The predicted molar refractivity (Wildman–Crippen MR) is 75.7 cm³/mol. The van der Waals surface area contributed by atoms with Gasteiger partial charge in [-0.3, -0.25) is 4.79 Å². The van der Waals surface area contributed by atoms with Crippen LogP contribution in [0.3, 0.4) is 0 Å². The second-order valence-corrected chi connectivity index (χ2v) is 5.33. The zero-order chi connectivity index (χ0) is 15.0. The molecule has 1 fully saturated rings. The van der Waals surface area contributed by atoms with Crippen LogP contribution in [-0.2, 0) is 9.53 Å². The number of nitrogens with zero attached hydrogens (tertiary/aromatic N) is 2. The predicted octanol–water partition coefficient (Wildman–Crippen LogP) is 1.79. The molecular weight excluding hydrogens is 260 g/mol. The molecule has 1 unspecified atom stereocenters. The molecule has 0 saturated carbocycles. The van der Waals surface area contributed by atoms with Gasteiger partial charge in [0.2, 0.25) is 0 Å². The first-order valence-electron chi connectivity index (χ1n) is 7.28. The molecule has 0 aliphatic carbocycles. The first-order chi connectivity index (χ1) is 9.56. The van der Waals surface area contributed by atoms with Crippen LogP contribution in [0.25, 0.3) is 0 Å². The molecule has 0 aromatic rings. The zero-order valence-electron chi connectivity index (χ0n) is 12.5. The summed E-state index contributed by atoms with van der Waals surface area (Å²) in [6.07, 6.45) is 4.47. The Morgan fingerprint density at radius 1 is 1.40 bits per heavy atom. The van der Waals surface area contributed by atoms with E-state index in [1.54, 1.807) is 19.1 Å². The molecule has 116 valence electrons. The Kier molecular flexibility index (Phi) is 7.36. The van der Waals surface area contributed by atoms with Crippen molar-refractivity contribution in [1.82, 2.24) is 9.80 Å². The number of hydrogen-bond acceptors (Lipinski definition) is 3. The third-order valence-corrected chi connectivity index (χ3v) is 3.73. The number of piperidine rings is 1. The molecule has 6 nitrogen and oxygen atoms in total. The summed E-state index contributed by atoms with van der Waals surface area (Å²) >= 11 is 0. The number of rotatable bonds is 7. The van der Waals surface area contributed by atoms with Crippen LogP contribution in [0.1, 0.15) is 38.5 Å². The maximum atomic E-state index is 12.4. The van der Waals surface area contributed by atoms with Crippen molar-refractivity contribution in [2.24, 2.45) is 0 Å². The lowest BCUT2D eigenvalue weighted by atomic mass is 9.98. The number of urea groups is 1. The second kappa shape index (κ2) is 8.79. The van der Waals surface area contributed by atoms with Gasteiger partial charge in [-0.1, -0.05) is 0 Å². The number of methoxy groups -OCH3 is 1. The largest absolute Gasteiger partial charge is 0.481 e. The Balaban J connectivity index is 2.50. The molecule has 1 saturated heterocycles. The lowest BCUT2D eigenvalue weighted by Gasteiger charge is -2.38. The molecule has 1 aliphatic heterocycles. The summed E-state index contributed by atoms with van der Waals surface area (Å²) in [5, 5.41) is 8.79. The number of amides is 2. The summed E-state index contributed by atoms with van der Waals surface area (Å²) < 4.78 is 4.99. The van der Waals surface area contributed by atoms with E-state index in [9.17, 15) is 9.59 Å². The van der Waals surface area contributed by atoms with Gasteiger partial charge < -0.3 is 19.6 Å². The highest BCUT2D eigenvalue weighted by Gasteiger charge is 2.28. The van der Waals surface area contributed by atoms with Gasteiger partial charge in [-0.2, -0.15) is 0 Å². The number of ether oxygens (including phenoxy) is 1. The van der Waals surface area contributed by atoms with Gasteiger partial charge in [0.05, 0.1) is 0 Å². The van der Waals surface area contributed by atoms with Crippen LogP contribution in [0.4, 0.5) is 4.79 Å². The minimum Gasteiger partial charge on any atom is -0.481 e. The average molecular weight is 286 g/mol. The quantitative estimate of drug-likeness (QED) is 0.724. The van der Waals surface area contributed by atoms with Gasteiger partial charge in [-0.25, -0.2) is 4.79 Å². The third-order valence-electron chi connectivity index (χ3n) is 3.73. The van der Waals surface area contributed by atoms with Crippen molar-refractivity contribution >= 4 is 12.0 Å². The number of carbonyl (C=O) groups is 2. The van der Waals surface area contributed by atoms with Gasteiger partial charge >= 0.3 is 12.0 Å². The van der Waals surface area contributed by atoms with Crippen molar-refractivity contribution in [2.75, 3.05) is 33.9 Å². The Morgan fingerprint density at radius 2 is 2.15 bits per heavy atom. The van der Waals surface area contributed by atoms with Crippen molar-refractivity contribution in [3.05, 3.63) is 0 Å². The first-order valence-corrected chi connectivity index (χ1v) is 7.28. The lowest BCUT2D eigenvalue weighted by molar-refractivity contribution is -0.137. The number of carboxylic acids is 1. The zero-order valence-corrected chi connectivity index (χ0v) is 12.5. The molecule has 0 radical (unpaired) electrons. The number of carbonyl (C=O) groups excluding carboxylic acids is 1. The molecular formula is C14H26N2O4. The van der Waals surface area contributed by atoms with Crippen molar-refractivity contribution in [2.45, 2.75) is 44.6 Å². The van der Waals surface area contributed by atoms with Gasteiger partial charge in [0.1, 0.15) is 0 Å². The Hall–Kier alpha value is -1.30.